The molecule has 1 rings (SSSR count). The van der Waals surface area contributed by atoms with E-state index in [1.54, 1.807) is 0 Å². The van der Waals surface area contributed by atoms with E-state index in [4.69, 9.17) is 4.74 Å². The Morgan fingerprint density at radius 2 is 1.65 bits per heavy atom. The van der Waals surface area contributed by atoms with Crippen molar-refractivity contribution in [1.82, 2.24) is 5.32 Å². The summed E-state index contributed by atoms with van der Waals surface area (Å²) in [5.41, 5.74) is 2.90. The Morgan fingerprint density at radius 3 is 2.05 bits per heavy atom. The predicted molar refractivity (Wildman–Crippen MR) is 87.3 cm³/mol. The van der Waals surface area contributed by atoms with Crippen LogP contribution < -0.4 is 5.32 Å². The van der Waals surface area contributed by atoms with Gasteiger partial charge in [-0.25, -0.2) is 0 Å². The third-order valence-corrected chi connectivity index (χ3v) is 3.71. The number of nitrogens with one attached hydrogen (secondary N) is 1. The van der Waals surface area contributed by atoms with Crippen LogP contribution in [0.25, 0.3) is 0 Å². The van der Waals surface area contributed by atoms with Crippen LogP contribution in [0.1, 0.15) is 65.1 Å². The average molecular weight is 277 g/mol. The average Bonchev–Trinajstić information content (AvgIpc) is 2.42. The summed E-state index contributed by atoms with van der Waals surface area (Å²) in [5, 5.41) is 3.57. The van der Waals surface area contributed by atoms with E-state index in [-0.39, 0.29) is 17.6 Å². The van der Waals surface area contributed by atoms with Crippen LogP contribution in [0.2, 0.25) is 0 Å². The van der Waals surface area contributed by atoms with E-state index in [9.17, 15) is 0 Å². The minimum Gasteiger partial charge on any atom is -0.377 e. The van der Waals surface area contributed by atoms with E-state index in [0.717, 1.165) is 19.6 Å². The van der Waals surface area contributed by atoms with Crippen LogP contribution in [0.3, 0.4) is 0 Å². The van der Waals surface area contributed by atoms with Gasteiger partial charge in [-0.05, 0) is 36.4 Å². The number of ether oxygens (including phenoxy) is 1. The van der Waals surface area contributed by atoms with Crippen LogP contribution >= 0.6 is 0 Å². The lowest BCUT2D eigenvalue weighted by Gasteiger charge is -2.28. The molecule has 2 atom stereocenters. The summed E-state index contributed by atoms with van der Waals surface area (Å²) in [5.74, 6) is 0. The Labute approximate surface area is 124 Å². The lowest BCUT2D eigenvalue weighted by molar-refractivity contribution is 0.0318. The van der Waals surface area contributed by atoms with E-state index in [1.165, 1.54) is 11.1 Å². The molecule has 2 heteroatoms. The summed E-state index contributed by atoms with van der Waals surface area (Å²) in [7, 11) is 0. The molecule has 0 aliphatic heterocycles. The van der Waals surface area contributed by atoms with E-state index in [0.29, 0.717) is 0 Å². The van der Waals surface area contributed by atoms with Gasteiger partial charge in [-0.15, -0.1) is 0 Å². The Hall–Kier alpha value is -0.860. The molecule has 0 spiro atoms. The molecule has 0 saturated carbocycles. The molecule has 114 valence electrons. The maximum atomic E-state index is 5.90. The molecular weight excluding hydrogens is 246 g/mol. The lowest BCUT2D eigenvalue weighted by atomic mass is 9.86. The van der Waals surface area contributed by atoms with Gasteiger partial charge in [-0.1, -0.05) is 58.9 Å². The van der Waals surface area contributed by atoms with Gasteiger partial charge in [0, 0.05) is 6.61 Å². The van der Waals surface area contributed by atoms with E-state index in [2.05, 4.69) is 71.1 Å². The Bertz CT molecular complexity index is 377. The predicted octanol–water partition coefficient (Wildman–Crippen LogP) is 4.45. The molecule has 1 aromatic carbocycles. The number of hydrogen-bond donors (Lipinski definition) is 1. The number of rotatable bonds is 7. The first-order valence-corrected chi connectivity index (χ1v) is 7.89. The largest absolute Gasteiger partial charge is 0.377 e. The molecule has 0 amide bonds. The monoisotopic (exact) mass is 277 g/mol. The molecular formula is C18H31NO. The van der Waals surface area contributed by atoms with Gasteiger partial charge in [-0.3, -0.25) is 0 Å². The molecule has 0 radical (unpaired) electrons. The second-order valence-corrected chi connectivity index (χ2v) is 6.31. The first-order chi connectivity index (χ1) is 9.43. The molecule has 0 aromatic heterocycles. The van der Waals surface area contributed by atoms with Crippen LogP contribution in [0.15, 0.2) is 24.3 Å². The highest BCUT2D eigenvalue weighted by atomic mass is 16.5. The summed E-state index contributed by atoms with van der Waals surface area (Å²) < 4.78 is 5.90. The van der Waals surface area contributed by atoms with Crippen molar-refractivity contribution < 1.29 is 4.74 Å². The van der Waals surface area contributed by atoms with Crippen molar-refractivity contribution in [3.05, 3.63) is 35.4 Å². The molecule has 20 heavy (non-hydrogen) atoms. The van der Waals surface area contributed by atoms with Crippen LogP contribution in [-0.4, -0.2) is 19.3 Å². The second-order valence-electron chi connectivity index (χ2n) is 6.31. The molecule has 1 aromatic rings. The number of likely N-dealkylation sites (N-methyl/N-ethyl adjacent to an activating group) is 1. The highest BCUT2D eigenvalue weighted by Crippen LogP contribution is 2.26. The molecule has 1 N–H and O–H groups in total. The lowest BCUT2D eigenvalue weighted by Crippen LogP contribution is -2.33. The van der Waals surface area contributed by atoms with Gasteiger partial charge < -0.3 is 10.1 Å². The zero-order valence-electron chi connectivity index (χ0n) is 14.0. The molecule has 2 unspecified atom stereocenters. The van der Waals surface area contributed by atoms with E-state index < -0.39 is 0 Å². The fraction of sp³-hybridized carbons (Fsp3) is 0.667. The minimum absolute atomic E-state index is 0.205. The standard InChI is InChI=1S/C18H31NO/c1-7-16(20-9-3)17(19-8-2)14-10-12-15(13-11-14)18(4,5)6/h10-13,16-17,19H,7-9H2,1-6H3. The summed E-state index contributed by atoms with van der Waals surface area (Å²) in [4.78, 5) is 0. The molecule has 2 nitrogen and oxygen atoms in total. The van der Waals surface area contributed by atoms with Crippen molar-refractivity contribution >= 4 is 0 Å². The third kappa shape index (κ3) is 4.60. The van der Waals surface area contributed by atoms with Crippen LogP contribution in [0, 0.1) is 0 Å². The molecule has 0 saturated heterocycles. The van der Waals surface area contributed by atoms with Gasteiger partial charge >= 0.3 is 0 Å². The first kappa shape index (κ1) is 17.2. The van der Waals surface area contributed by atoms with Crippen molar-refractivity contribution in [2.24, 2.45) is 0 Å². The molecule has 0 aliphatic carbocycles. The normalized spacial score (nSPS) is 15.1. The number of hydrogen-bond acceptors (Lipinski definition) is 2. The zero-order valence-corrected chi connectivity index (χ0v) is 14.0. The van der Waals surface area contributed by atoms with Crippen molar-refractivity contribution in [2.45, 2.75) is 65.5 Å². The Morgan fingerprint density at radius 1 is 1.05 bits per heavy atom. The van der Waals surface area contributed by atoms with Gasteiger partial charge in [0.1, 0.15) is 0 Å². The topological polar surface area (TPSA) is 21.3 Å². The maximum absolute atomic E-state index is 5.90. The van der Waals surface area contributed by atoms with Gasteiger partial charge in [-0.2, -0.15) is 0 Å². The van der Waals surface area contributed by atoms with Crippen molar-refractivity contribution in [3.63, 3.8) is 0 Å². The van der Waals surface area contributed by atoms with Gasteiger partial charge in [0.2, 0.25) is 0 Å². The highest BCUT2D eigenvalue weighted by molar-refractivity contribution is 5.29. The maximum Gasteiger partial charge on any atom is 0.0766 e. The van der Waals surface area contributed by atoms with Crippen molar-refractivity contribution in [1.29, 1.82) is 0 Å². The van der Waals surface area contributed by atoms with Gasteiger partial charge in [0.15, 0.2) is 0 Å². The number of benzene rings is 1. The Balaban J connectivity index is 2.97. The van der Waals surface area contributed by atoms with E-state index in [1.807, 2.05) is 0 Å². The fourth-order valence-electron chi connectivity index (χ4n) is 2.54. The SMILES string of the molecule is CCNC(c1ccc(C(C)(C)C)cc1)C(CC)OCC. The molecule has 0 bridgehead atoms. The molecule has 0 aliphatic rings. The summed E-state index contributed by atoms with van der Waals surface area (Å²) in [6.07, 6.45) is 1.26. The second kappa shape index (κ2) is 7.80. The quantitative estimate of drug-likeness (QED) is 0.795. The van der Waals surface area contributed by atoms with E-state index >= 15 is 0 Å². The third-order valence-electron chi connectivity index (χ3n) is 3.71. The van der Waals surface area contributed by atoms with Gasteiger partial charge in [0.05, 0.1) is 12.1 Å². The van der Waals surface area contributed by atoms with Crippen molar-refractivity contribution in [3.8, 4) is 0 Å². The van der Waals surface area contributed by atoms with Crippen LogP contribution in [0.5, 0.6) is 0 Å². The summed E-state index contributed by atoms with van der Waals surface area (Å²) in [6, 6.07) is 9.26. The first-order valence-electron chi connectivity index (χ1n) is 7.89. The van der Waals surface area contributed by atoms with Crippen LogP contribution in [-0.2, 0) is 10.2 Å². The molecule has 0 heterocycles. The molecule has 0 fully saturated rings. The van der Waals surface area contributed by atoms with Gasteiger partial charge in [0.25, 0.3) is 0 Å². The smallest absolute Gasteiger partial charge is 0.0766 e. The van der Waals surface area contributed by atoms with Crippen LogP contribution in [0.4, 0.5) is 0 Å². The zero-order chi connectivity index (χ0) is 15.2. The van der Waals surface area contributed by atoms with Crippen molar-refractivity contribution in [2.75, 3.05) is 13.2 Å². The Kier molecular flexibility index (Phi) is 6.70. The highest BCUT2D eigenvalue weighted by Gasteiger charge is 2.22. The fourth-order valence-corrected chi connectivity index (χ4v) is 2.54. The minimum atomic E-state index is 0.205. The summed E-state index contributed by atoms with van der Waals surface area (Å²) >= 11 is 0. The summed E-state index contributed by atoms with van der Waals surface area (Å²) in [6.45, 7) is 14.9.